The molecule has 2 aromatic carbocycles. The lowest BCUT2D eigenvalue weighted by Gasteiger charge is -2.11. The molecule has 3 rings (SSSR count). The maximum Gasteiger partial charge on any atom is 0.264 e. The molecule has 150 valence electrons. The van der Waals surface area contributed by atoms with Crippen molar-refractivity contribution in [1.29, 1.82) is 0 Å². The van der Waals surface area contributed by atoms with Crippen LogP contribution in [0.1, 0.15) is 11.3 Å². The molecular weight excluding hydrogens is 405 g/mol. The van der Waals surface area contributed by atoms with Crippen molar-refractivity contribution in [3.63, 3.8) is 0 Å². The Bertz CT molecular complexity index is 1210. The zero-order chi connectivity index (χ0) is 20.5. The lowest BCUT2D eigenvalue weighted by atomic mass is 10.2. The first-order valence-electron chi connectivity index (χ1n) is 8.44. The fourth-order valence-electron chi connectivity index (χ4n) is 3.00. The minimum atomic E-state index is -3.56. The van der Waals surface area contributed by atoms with Gasteiger partial charge in [0, 0.05) is 35.8 Å². The summed E-state index contributed by atoms with van der Waals surface area (Å²) in [6.07, 6.45) is 2.45. The Balaban J connectivity index is 2.02. The van der Waals surface area contributed by atoms with Crippen LogP contribution in [0, 0.1) is 5.82 Å². The van der Waals surface area contributed by atoms with E-state index in [9.17, 15) is 21.2 Å². The smallest absolute Gasteiger partial charge is 0.264 e. The Labute approximate surface area is 163 Å². The van der Waals surface area contributed by atoms with Crippen LogP contribution in [0.5, 0.6) is 0 Å². The maximum absolute atomic E-state index is 13.2. The van der Waals surface area contributed by atoms with Gasteiger partial charge in [-0.3, -0.25) is 4.18 Å². The Hall–Kier alpha value is -2.23. The van der Waals surface area contributed by atoms with E-state index in [1.807, 2.05) is 10.6 Å². The van der Waals surface area contributed by atoms with Crippen LogP contribution >= 0.6 is 0 Å². The Morgan fingerprint density at radius 1 is 0.964 bits per heavy atom. The van der Waals surface area contributed by atoms with Gasteiger partial charge in [0.1, 0.15) is 5.82 Å². The van der Waals surface area contributed by atoms with E-state index in [0.29, 0.717) is 13.0 Å². The number of aromatic nitrogens is 1. The summed E-state index contributed by atoms with van der Waals surface area (Å²) in [4.78, 5) is 0.206. The van der Waals surface area contributed by atoms with E-state index >= 15 is 0 Å². The normalized spacial score (nSPS) is 12.5. The predicted octanol–water partition coefficient (Wildman–Crippen LogP) is 2.75. The molecule has 0 N–H and O–H groups in total. The zero-order valence-electron chi connectivity index (χ0n) is 15.4. The average molecular weight is 426 g/mol. The van der Waals surface area contributed by atoms with Gasteiger partial charge in [-0.05, 0) is 42.0 Å². The molecule has 3 aromatic rings. The highest BCUT2D eigenvalue weighted by molar-refractivity contribution is 7.90. The molecule has 28 heavy (non-hydrogen) atoms. The molecule has 0 fully saturated rings. The van der Waals surface area contributed by atoms with Crippen molar-refractivity contribution in [2.45, 2.75) is 17.9 Å². The van der Waals surface area contributed by atoms with Crippen molar-refractivity contribution in [2.75, 3.05) is 19.1 Å². The van der Waals surface area contributed by atoms with E-state index in [1.165, 1.54) is 18.2 Å². The van der Waals surface area contributed by atoms with Crippen molar-refractivity contribution in [2.24, 2.45) is 0 Å². The number of fused-ring (bicyclic) bond motifs is 1. The van der Waals surface area contributed by atoms with Crippen LogP contribution in [-0.2, 0) is 37.1 Å². The molecule has 0 saturated heterocycles. The molecule has 1 aromatic heterocycles. The van der Waals surface area contributed by atoms with Crippen LogP contribution in [0.3, 0.4) is 0 Å². The number of hydrogen-bond acceptors (Lipinski definition) is 5. The van der Waals surface area contributed by atoms with E-state index in [2.05, 4.69) is 0 Å². The van der Waals surface area contributed by atoms with Crippen molar-refractivity contribution in [3.8, 4) is 0 Å². The molecule has 0 aliphatic heterocycles. The van der Waals surface area contributed by atoms with Gasteiger partial charge in [-0.1, -0.05) is 12.1 Å². The number of nitrogens with zero attached hydrogens (tertiary/aromatic N) is 1. The van der Waals surface area contributed by atoms with E-state index in [-0.39, 0.29) is 17.3 Å². The van der Waals surface area contributed by atoms with Crippen LogP contribution in [0.15, 0.2) is 53.4 Å². The molecule has 0 saturated carbocycles. The minimum Gasteiger partial charge on any atom is -0.340 e. The van der Waals surface area contributed by atoms with Gasteiger partial charge in [0.25, 0.3) is 10.1 Å². The van der Waals surface area contributed by atoms with Crippen LogP contribution in [-0.4, -0.2) is 40.5 Å². The molecule has 0 unspecified atom stereocenters. The highest BCUT2D eigenvalue weighted by Gasteiger charge is 2.14. The molecular formula is C19H20FNO5S2. The first-order chi connectivity index (χ1) is 13.0. The number of hydrogen-bond donors (Lipinski definition) is 0. The topological polar surface area (TPSA) is 82.4 Å². The monoisotopic (exact) mass is 425 g/mol. The van der Waals surface area contributed by atoms with Crippen LogP contribution in [0.4, 0.5) is 4.39 Å². The molecule has 0 amide bonds. The second kappa shape index (κ2) is 7.65. The zero-order valence-corrected chi connectivity index (χ0v) is 17.1. The summed E-state index contributed by atoms with van der Waals surface area (Å²) >= 11 is 0. The third-order valence-corrected chi connectivity index (χ3v) is 6.00. The summed E-state index contributed by atoms with van der Waals surface area (Å²) in [7, 11) is -6.91. The summed E-state index contributed by atoms with van der Waals surface area (Å²) in [6.45, 7) is 0.397. The lowest BCUT2D eigenvalue weighted by molar-refractivity contribution is 0.323. The molecule has 0 bridgehead atoms. The lowest BCUT2D eigenvalue weighted by Crippen LogP contribution is -2.10. The highest BCUT2D eigenvalue weighted by atomic mass is 32.2. The highest BCUT2D eigenvalue weighted by Crippen LogP contribution is 2.25. The van der Waals surface area contributed by atoms with Crippen molar-refractivity contribution >= 4 is 30.9 Å². The minimum absolute atomic E-state index is 0.0303. The Morgan fingerprint density at radius 2 is 1.64 bits per heavy atom. The predicted molar refractivity (Wildman–Crippen MR) is 105 cm³/mol. The number of benzene rings is 2. The van der Waals surface area contributed by atoms with E-state index in [4.69, 9.17) is 4.18 Å². The van der Waals surface area contributed by atoms with E-state index in [0.717, 1.165) is 34.7 Å². The Morgan fingerprint density at radius 3 is 2.25 bits per heavy atom. The van der Waals surface area contributed by atoms with E-state index in [1.54, 1.807) is 24.3 Å². The number of rotatable bonds is 7. The second-order valence-electron chi connectivity index (χ2n) is 6.62. The van der Waals surface area contributed by atoms with Crippen molar-refractivity contribution in [3.05, 3.63) is 65.6 Å². The fraction of sp³-hybridized carbons (Fsp3) is 0.263. The van der Waals surface area contributed by atoms with Gasteiger partial charge >= 0.3 is 0 Å². The molecule has 0 aliphatic carbocycles. The van der Waals surface area contributed by atoms with Gasteiger partial charge < -0.3 is 4.57 Å². The van der Waals surface area contributed by atoms with Crippen molar-refractivity contribution in [1.82, 2.24) is 4.57 Å². The Kier molecular flexibility index (Phi) is 5.60. The van der Waals surface area contributed by atoms with Crippen LogP contribution < -0.4 is 0 Å². The number of halogens is 1. The van der Waals surface area contributed by atoms with Gasteiger partial charge in [0.15, 0.2) is 9.84 Å². The van der Waals surface area contributed by atoms with Crippen LogP contribution in [0.2, 0.25) is 0 Å². The molecule has 9 heteroatoms. The molecule has 0 aliphatic rings. The van der Waals surface area contributed by atoms with Gasteiger partial charge in [-0.15, -0.1) is 0 Å². The molecule has 1 heterocycles. The number of sulfone groups is 1. The quantitative estimate of drug-likeness (QED) is 0.544. The average Bonchev–Trinajstić information content (AvgIpc) is 2.92. The largest absolute Gasteiger partial charge is 0.340 e. The van der Waals surface area contributed by atoms with Gasteiger partial charge in [-0.25, -0.2) is 12.8 Å². The summed E-state index contributed by atoms with van der Waals surface area (Å²) in [5, 5.41) is 0.722. The van der Waals surface area contributed by atoms with Gasteiger partial charge in [0.05, 0.1) is 17.8 Å². The van der Waals surface area contributed by atoms with Crippen LogP contribution in [0.25, 0.3) is 10.9 Å². The first kappa shape index (κ1) is 20.5. The fourth-order valence-corrected chi connectivity index (χ4v) is 4.04. The standard InChI is InChI=1S/C19H20FNO5S2/c1-27(22,23)18-7-8-19-15(12-18)11-17(9-10-26-28(2,24)25)21(19)13-14-3-5-16(20)6-4-14/h3-8,11-12H,9-10,13H2,1-2H3. The van der Waals surface area contributed by atoms with Crippen molar-refractivity contribution < 1.29 is 25.4 Å². The SMILES string of the molecule is CS(=O)(=O)OCCc1cc2cc(S(C)(=O)=O)ccc2n1Cc1ccc(F)cc1. The molecule has 6 nitrogen and oxygen atoms in total. The van der Waals surface area contributed by atoms with Gasteiger partial charge in [-0.2, -0.15) is 8.42 Å². The summed E-state index contributed by atoms with van der Waals surface area (Å²) < 4.78 is 66.1. The van der Waals surface area contributed by atoms with Gasteiger partial charge in [0.2, 0.25) is 0 Å². The summed E-state index contributed by atoms with van der Waals surface area (Å²) in [5.74, 6) is -0.333. The third-order valence-electron chi connectivity index (χ3n) is 4.30. The molecule has 0 spiro atoms. The maximum atomic E-state index is 13.2. The first-order valence-corrected chi connectivity index (χ1v) is 12.1. The molecule has 0 radical (unpaired) electrons. The third kappa shape index (κ3) is 4.98. The van der Waals surface area contributed by atoms with E-state index < -0.39 is 20.0 Å². The summed E-state index contributed by atoms with van der Waals surface area (Å²) in [6, 6.07) is 12.7. The summed E-state index contributed by atoms with van der Waals surface area (Å²) in [5.41, 5.74) is 2.44. The molecule has 0 atom stereocenters. The second-order valence-corrected chi connectivity index (χ2v) is 10.3.